The normalized spacial score (nSPS) is 21.9. The quantitative estimate of drug-likeness (QED) is 0.669. The van der Waals surface area contributed by atoms with Gasteiger partial charge in [0.15, 0.2) is 5.65 Å². The molecule has 2 aliphatic rings. The number of fused-ring (bicyclic) bond motifs is 2. The van der Waals surface area contributed by atoms with Crippen LogP contribution in [0.5, 0.6) is 0 Å². The minimum Gasteiger partial charge on any atom is -0.338 e. The molecule has 0 unspecified atom stereocenters. The highest BCUT2D eigenvalue weighted by Gasteiger charge is 2.35. The van der Waals surface area contributed by atoms with E-state index in [-0.39, 0.29) is 5.91 Å². The first kappa shape index (κ1) is 15.3. The van der Waals surface area contributed by atoms with Crippen molar-refractivity contribution < 1.29 is 4.79 Å². The van der Waals surface area contributed by atoms with Crippen LogP contribution in [0.3, 0.4) is 0 Å². The maximum Gasteiger partial charge on any atom is 0.253 e. The fourth-order valence-corrected chi connectivity index (χ4v) is 4.17. The average Bonchev–Trinajstić information content (AvgIpc) is 3.32. The Labute approximate surface area is 152 Å². The molecule has 0 saturated carbocycles. The maximum absolute atomic E-state index is 12.9. The number of allylic oxidation sites excluding steroid dienone is 2. The predicted octanol–water partition coefficient (Wildman–Crippen LogP) is 3.43. The van der Waals surface area contributed by atoms with Crippen LogP contribution in [0, 0.1) is 11.8 Å². The van der Waals surface area contributed by atoms with Crippen molar-refractivity contribution in [3.05, 3.63) is 66.5 Å². The zero-order valence-corrected chi connectivity index (χ0v) is 14.5. The van der Waals surface area contributed by atoms with Crippen molar-refractivity contribution in [1.82, 2.24) is 19.5 Å². The van der Waals surface area contributed by atoms with E-state index in [1.54, 1.807) is 6.20 Å². The number of carbonyl (C=O) groups excluding carboxylic acids is 1. The number of hydrogen-bond acceptors (Lipinski definition) is 3. The lowest BCUT2D eigenvalue weighted by Gasteiger charge is -2.17. The molecule has 2 atom stereocenters. The third kappa shape index (κ3) is 2.51. The van der Waals surface area contributed by atoms with Crippen molar-refractivity contribution in [2.24, 2.45) is 11.8 Å². The van der Waals surface area contributed by atoms with Crippen LogP contribution >= 0.6 is 0 Å². The lowest BCUT2D eigenvalue weighted by molar-refractivity contribution is 0.0784. The molecule has 1 amide bonds. The van der Waals surface area contributed by atoms with E-state index in [0.717, 1.165) is 48.4 Å². The highest BCUT2D eigenvalue weighted by Crippen LogP contribution is 2.33. The van der Waals surface area contributed by atoms with E-state index in [2.05, 4.69) is 22.2 Å². The van der Waals surface area contributed by atoms with Gasteiger partial charge in [0.05, 0.1) is 11.9 Å². The summed E-state index contributed by atoms with van der Waals surface area (Å²) in [6.07, 6.45) is 10.3. The molecule has 130 valence electrons. The molecule has 26 heavy (non-hydrogen) atoms. The summed E-state index contributed by atoms with van der Waals surface area (Å²) in [5, 5.41) is 4.35. The lowest BCUT2D eigenvalue weighted by Crippen LogP contribution is -2.28. The van der Waals surface area contributed by atoms with Crippen LogP contribution in [0.2, 0.25) is 0 Å². The Kier molecular flexibility index (Phi) is 3.59. The van der Waals surface area contributed by atoms with Gasteiger partial charge in [0.25, 0.3) is 5.91 Å². The van der Waals surface area contributed by atoms with Gasteiger partial charge in [-0.25, -0.2) is 9.50 Å². The number of benzene rings is 1. The number of nitrogens with zero attached hydrogens (tertiary/aromatic N) is 4. The molecule has 2 aromatic heterocycles. The van der Waals surface area contributed by atoms with Crippen LogP contribution in [0.25, 0.3) is 16.9 Å². The summed E-state index contributed by atoms with van der Waals surface area (Å²) in [7, 11) is 0. The van der Waals surface area contributed by atoms with Gasteiger partial charge in [-0.2, -0.15) is 5.10 Å². The van der Waals surface area contributed by atoms with Gasteiger partial charge in [-0.05, 0) is 48.9 Å². The molecule has 0 radical (unpaired) electrons. The van der Waals surface area contributed by atoms with Gasteiger partial charge >= 0.3 is 0 Å². The van der Waals surface area contributed by atoms with Gasteiger partial charge < -0.3 is 4.90 Å². The Morgan fingerprint density at radius 3 is 2.46 bits per heavy atom. The second-order valence-corrected chi connectivity index (χ2v) is 7.19. The summed E-state index contributed by atoms with van der Waals surface area (Å²) in [6, 6.07) is 11.6. The molecule has 5 heteroatoms. The fourth-order valence-electron chi connectivity index (χ4n) is 4.17. The van der Waals surface area contributed by atoms with Crippen molar-refractivity contribution >= 4 is 11.6 Å². The van der Waals surface area contributed by atoms with Gasteiger partial charge in [-0.1, -0.05) is 24.3 Å². The topological polar surface area (TPSA) is 50.5 Å². The standard InChI is InChI=1S/C21H20N4O/c26-21(24-13-17-4-1-2-5-18(17)14-24)16-9-7-15(8-10-16)19-12-22-20-6-3-11-23-25(19)20/h1-3,6-12,17-18H,4-5,13-14H2/t17-,18+. The number of rotatable bonds is 2. The first-order valence-electron chi connectivity index (χ1n) is 9.13. The number of likely N-dealkylation sites (tertiary alicyclic amines) is 1. The molecule has 1 aliphatic heterocycles. The fraction of sp³-hybridized carbons (Fsp3) is 0.286. The lowest BCUT2D eigenvalue weighted by atomic mass is 9.86. The smallest absolute Gasteiger partial charge is 0.253 e. The summed E-state index contributed by atoms with van der Waals surface area (Å²) in [5.74, 6) is 1.40. The average molecular weight is 344 g/mol. The minimum absolute atomic E-state index is 0.141. The molecule has 0 N–H and O–H groups in total. The van der Waals surface area contributed by atoms with Crippen molar-refractivity contribution in [3.8, 4) is 11.3 Å². The van der Waals surface area contributed by atoms with E-state index in [0.29, 0.717) is 11.8 Å². The van der Waals surface area contributed by atoms with Gasteiger partial charge in [0.1, 0.15) is 0 Å². The van der Waals surface area contributed by atoms with Crippen LogP contribution in [0.1, 0.15) is 23.2 Å². The molecule has 1 fully saturated rings. The van der Waals surface area contributed by atoms with Gasteiger partial charge in [-0.15, -0.1) is 0 Å². The molecule has 5 rings (SSSR count). The van der Waals surface area contributed by atoms with Crippen molar-refractivity contribution in [1.29, 1.82) is 0 Å². The van der Waals surface area contributed by atoms with E-state index >= 15 is 0 Å². The van der Waals surface area contributed by atoms with Crippen LogP contribution in [0.4, 0.5) is 0 Å². The Hall–Kier alpha value is -2.95. The highest BCUT2D eigenvalue weighted by atomic mass is 16.2. The maximum atomic E-state index is 12.9. The molecule has 1 saturated heterocycles. The molecule has 1 aromatic carbocycles. The van der Waals surface area contributed by atoms with E-state index in [4.69, 9.17) is 0 Å². The summed E-state index contributed by atoms with van der Waals surface area (Å²) in [4.78, 5) is 19.3. The highest BCUT2D eigenvalue weighted by molar-refractivity contribution is 5.95. The number of carbonyl (C=O) groups is 1. The van der Waals surface area contributed by atoms with Crippen molar-refractivity contribution in [2.45, 2.75) is 12.8 Å². The Morgan fingerprint density at radius 1 is 1.00 bits per heavy atom. The number of imidazole rings is 1. The predicted molar refractivity (Wildman–Crippen MR) is 99.7 cm³/mol. The summed E-state index contributed by atoms with van der Waals surface area (Å²) >= 11 is 0. The Bertz CT molecular complexity index is 973. The zero-order chi connectivity index (χ0) is 17.5. The number of hydrogen-bond donors (Lipinski definition) is 0. The van der Waals surface area contributed by atoms with Crippen molar-refractivity contribution in [2.75, 3.05) is 13.1 Å². The molecular formula is C21H20N4O. The Balaban J connectivity index is 1.37. The third-order valence-electron chi connectivity index (χ3n) is 5.61. The van der Waals surface area contributed by atoms with Crippen LogP contribution < -0.4 is 0 Å². The van der Waals surface area contributed by atoms with Gasteiger partial charge in [-0.3, -0.25) is 4.79 Å². The SMILES string of the molecule is O=C(c1ccc(-c2cnc3cccnn23)cc1)N1C[C@H]2CC=CC[C@H]2C1. The molecule has 3 aromatic rings. The molecule has 1 aliphatic carbocycles. The first-order chi connectivity index (χ1) is 12.8. The molecule has 0 bridgehead atoms. The Morgan fingerprint density at radius 2 is 1.73 bits per heavy atom. The summed E-state index contributed by atoms with van der Waals surface area (Å²) in [5.41, 5.74) is 3.50. The van der Waals surface area contributed by atoms with Gasteiger partial charge in [0.2, 0.25) is 0 Å². The zero-order valence-electron chi connectivity index (χ0n) is 14.5. The largest absolute Gasteiger partial charge is 0.338 e. The van der Waals surface area contributed by atoms with E-state index in [1.165, 1.54) is 0 Å². The second-order valence-electron chi connectivity index (χ2n) is 7.19. The summed E-state index contributed by atoms with van der Waals surface area (Å²) < 4.78 is 1.81. The number of aromatic nitrogens is 3. The van der Waals surface area contributed by atoms with Crippen LogP contribution in [-0.4, -0.2) is 38.5 Å². The number of amides is 1. The minimum atomic E-state index is 0.141. The molecule has 3 heterocycles. The van der Waals surface area contributed by atoms with Crippen LogP contribution in [0.15, 0.2) is 60.9 Å². The first-order valence-corrected chi connectivity index (χ1v) is 9.13. The van der Waals surface area contributed by atoms with E-state index in [9.17, 15) is 4.79 Å². The third-order valence-corrected chi connectivity index (χ3v) is 5.61. The van der Waals surface area contributed by atoms with Crippen LogP contribution in [-0.2, 0) is 0 Å². The van der Waals surface area contributed by atoms with E-state index in [1.807, 2.05) is 52.0 Å². The van der Waals surface area contributed by atoms with Crippen molar-refractivity contribution in [3.63, 3.8) is 0 Å². The monoisotopic (exact) mass is 344 g/mol. The molecule has 0 spiro atoms. The summed E-state index contributed by atoms with van der Waals surface area (Å²) in [6.45, 7) is 1.76. The molecule has 5 nitrogen and oxygen atoms in total. The molecular weight excluding hydrogens is 324 g/mol. The second kappa shape index (κ2) is 6.09. The van der Waals surface area contributed by atoms with Gasteiger partial charge in [0, 0.05) is 30.4 Å². The van der Waals surface area contributed by atoms with E-state index < -0.39 is 0 Å².